The van der Waals surface area contributed by atoms with E-state index >= 15 is 0 Å². The molecule has 8 heteroatoms. The molecule has 1 atom stereocenters. The lowest BCUT2D eigenvalue weighted by Gasteiger charge is -2.36. The van der Waals surface area contributed by atoms with Crippen molar-refractivity contribution in [3.8, 4) is 0 Å². The van der Waals surface area contributed by atoms with Crippen molar-refractivity contribution < 1.29 is 24.2 Å². The largest absolute Gasteiger partial charge is 0.479 e. The lowest BCUT2D eigenvalue weighted by atomic mass is 9.99. The number of rotatable bonds is 2. The second kappa shape index (κ2) is 5.66. The highest BCUT2D eigenvalue weighted by Gasteiger charge is 2.44. The first-order valence-electron chi connectivity index (χ1n) is 6.58. The Morgan fingerprint density at radius 2 is 1.75 bits per heavy atom. The van der Waals surface area contributed by atoms with Crippen LogP contribution in [0.5, 0.6) is 0 Å². The van der Waals surface area contributed by atoms with E-state index in [-0.39, 0.29) is 18.9 Å². The number of carbonyl (C=O) groups is 3. The fourth-order valence-electron chi connectivity index (χ4n) is 2.39. The van der Waals surface area contributed by atoms with E-state index in [1.807, 2.05) is 0 Å². The van der Waals surface area contributed by atoms with Crippen molar-refractivity contribution in [2.75, 3.05) is 39.4 Å². The summed E-state index contributed by atoms with van der Waals surface area (Å²) in [6.45, 7) is 3.56. The number of hydrogen-bond donors (Lipinski definition) is 2. The minimum Gasteiger partial charge on any atom is -0.479 e. The molecule has 2 fully saturated rings. The summed E-state index contributed by atoms with van der Waals surface area (Å²) in [5, 5.41) is 11.8. The maximum atomic E-state index is 12.1. The van der Waals surface area contributed by atoms with Gasteiger partial charge in [0.1, 0.15) is 0 Å². The number of amides is 3. The van der Waals surface area contributed by atoms with Crippen molar-refractivity contribution in [2.24, 2.45) is 0 Å². The lowest BCUT2D eigenvalue weighted by molar-refractivity contribution is -0.144. The molecule has 3 amide bonds. The maximum absolute atomic E-state index is 12.1. The molecule has 0 aliphatic carbocycles. The van der Waals surface area contributed by atoms with Crippen LogP contribution in [0.15, 0.2) is 0 Å². The summed E-state index contributed by atoms with van der Waals surface area (Å²) in [5.74, 6) is -1.10. The molecule has 0 aromatic carbocycles. The lowest BCUT2D eigenvalue weighted by Crippen LogP contribution is -2.61. The first-order valence-corrected chi connectivity index (χ1v) is 6.58. The second-order valence-corrected chi connectivity index (χ2v) is 5.11. The van der Waals surface area contributed by atoms with Crippen LogP contribution in [0, 0.1) is 0 Å². The Morgan fingerprint density at radius 1 is 1.15 bits per heavy atom. The van der Waals surface area contributed by atoms with Crippen molar-refractivity contribution in [1.29, 1.82) is 0 Å². The van der Waals surface area contributed by atoms with Gasteiger partial charge in [0.05, 0.1) is 6.61 Å². The molecule has 0 radical (unpaired) electrons. The van der Waals surface area contributed by atoms with Crippen LogP contribution in [-0.2, 0) is 14.3 Å². The van der Waals surface area contributed by atoms with Crippen LogP contribution in [0.4, 0.5) is 4.79 Å². The molecule has 20 heavy (non-hydrogen) atoms. The fourth-order valence-corrected chi connectivity index (χ4v) is 2.39. The number of urea groups is 1. The molecule has 112 valence electrons. The first kappa shape index (κ1) is 14.6. The maximum Gasteiger partial charge on any atom is 0.332 e. The van der Waals surface area contributed by atoms with Gasteiger partial charge in [0.15, 0.2) is 5.54 Å². The topological polar surface area (TPSA) is 99.2 Å². The molecule has 8 nitrogen and oxygen atoms in total. The summed E-state index contributed by atoms with van der Waals surface area (Å²) in [6, 6.07) is -0.416. The van der Waals surface area contributed by atoms with Crippen LogP contribution in [0.25, 0.3) is 0 Å². The van der Waals surface area contributed by atoms with Crippen LogP contribution in [0.3, 0.4) is 0 Å². The van der Waals surface area contributed by atoms with Crippen LogP contribution < -0.4 is 5.32 Å². The molecule has 0 spiro atoms. The van der Waals surface area contributed by atoms with Gasteiger partial charge in [-0.2, -0.15) is 0 Å². The molecule has 2 aliphatic rings. The Morgan fingerprint density at radius 3 is 2.20 bits per heavy atom. The van der Waals surface area contributed by atoms with Gasteiger partial charge in [0.2, 0.25) is 5.91 Å². The summed E-state index contributed by atoms with van der Waals surface area (Å²) >= 11 is 0. The Bertz CT molecular complexity index is 411. The normalized spacial score (nSPS) is 26.4. The van der Waals surface area contributed by atoms with Crippen molar-refractivity contribution >= 4 is 17.9 Å². The molecular formula is C12H19N3O5. The summed E-state index contributed by atoms with van der Waals surface area (Å²) in [4.78, 5) is 37.8. The van der Waals surface area contributed by atoms with Crippen LogP contribution in [0.1, 0.15) is 13.3 Å². The van der Waals surface area contributed by atoms with E-state index in [2.05, 4.69) is 5.32 Å². The SMILES string of the molecule is CC(=O)N1CCN(C(=O)NC2(C(=O)O)CCOC2)CC1. The molecule has 2 rings (SSSR count). The number of carboxylic acid groups (broad SMARTS) is 1. The van der Waals surface area contributed by atoms with Gasteiger partial charge in [0, 0.05) is 46.1 Å². The highest BCUT2D eigenvalue weighted by Crippen LogP contribution is 2.19. The third-order valence-electron chi connectivity index (χ3n) is 3.79. The average Bonchev–Trinajstić information content (AvgIpc) is 2.88. The predicted octanol–water partition coefficient (Wildman–Crippen LogP) is -0.896. The number of nitrogens with zero attached hydrogens (tertiary/aromatic N) is 2. The van der Waals surface area contributed by atoms with Gasteiger partial charge >= 0.3 is 12.0 Å². The Balaban J connectivity index is 1.92. The van der Waals surface area contributed by atoms with E-state index in [1.165, 1.54) is 11.8 Å². The van der Waals surface area contributed by atoms with E-state index in [0.717, 1.165) is 0 Å². The number of carboxylic acids is 1. The predicted molar refractivity (Wildman–Crippen MR) is 68.2 cm³/mol. The molecular weight excluding hydrogens is 266 g/mol. The van der Waals surface area contributed by atoms with E-state index in [0.29, 0.717) is 32.8 Å². The average molecular weight is 285 g/mol. The Hall–Kier alpha value is -1.83. The highest BCUT2D eigenvalue weighted by atomic mass is 16.5. The molecule has 2 heterocycles. The molecule has 2 aliphatic heterocycles. The Labute approximate surface area is 116 Å². The van der Waals surface area contributed by atoms with Crippen molar-refractivity contribution in [3.63, 3.8) is 0 Å². The fraction of sp³-hybridized carbons (Fsp3) is 0.750. The van der Waals surface area contributed by atoms with E-state index in [1.54, 1.807) is 4.90 Å². The number of ether oxygens (including phenoxy) is 1. The molecule has 0 aromatic heterocycles. The van der Waals surface area contributed by atoms with Crippen molar-refractivity contribution in [3.05, 3.63) is 0 Å². The zero-order valence-electron chi connectivity index (χ0n) is 11.4. The monoisotopic (exact) mass is 285 g/mol. The van der Waals surface area contributed by atoms with Crippen LogP contribution >= 0.6 is 0 Å². The summed E-state index contributed by atoms with van der Waals surface area (Å²) < 4.78 is 5.09. The minimum atomic E-state index is -1.32. The second-order valence-electron chi connectivity index (χ2n) is 5.11. The summed E-state index contributed by atoms with van der Waals surface area (Å²) in [6.07, 6.45) is 0.265. The summed E-state index contributed by atoms with van der Waals surface area (Å²) in [7, 11) is 0. The van der Waals surface area contributed by atoms with Gasteiger partial charge < -0.3 is 25.0 Å². The van der Waals surface area contributed by atoms with Crippen LogP contribution in [-0.4, -0.2) is 77.7 Å². The molecule has 1 unspecified atom stereocenters. The summed E-state index contributed by atoms with van der Waals surface area (Å²) in [5.41, 5.74) is -1.32. The van der Waals surface area contributed by atoms with Crippen LogP contribution in [0.2, 0.25) is 0 Å². The highest BCUT2D eigenvalue weighted by molar-refractivity contribution is 5.87. The standard InChI is InChI=1S/C12H19N3O5/c1-9(16)14-3-5-15(6-4-14)11(19)13-12(10(17)18)2-7-20-8-12/h2-8H2,1H3,(H,13,19)(H,17,18). The van der Waals surface area contributed by atoms with Crippen molar-refractivity contribution in [2.45, 2.75) is 18.9 Å². The van der Waals surface area contributed by atoms with Crippen molar-refractivity contribution in [1.82, 2.24) is 15.1 Å². The number of piperazine rings is 1. The third-order valence-corrected chi connectivity index (χ3v) is 3.79. The quantitative estimate of drug-likeness (QED) is 0.685. The van der Waals surface area contributed by atoms with Gasteiger partial charge in [0.25, 0.3) is 0 Å². The van der Waals surface area contributed by atoms with Gasteiger partial charge in [-0.15, -0.1) is 0 Å². The van der Waals surface area contributed by atoms with Gasteiger partial charge in [-0.25, -0.2) is 9.59 Å². The zero-order valence-corrected chi connectivity index (χ0v) is 11.4. The van der Waals surface area contributed by atoms with E-state index < -0.39 is 17.5 Å². The molecule has 0 aromatic rings. The Kier molecular flexibility index (Phi) is 4.12. The van der Waals surface area contributed by atoms with Gasteiger partial charge in [-0.3, -0.25) is 4.79 Å². The number of hydrogen-bond acceptors (Lipinski definition) is 4. The third kappa shape index (κ3) is 2.84. The zero-order chi connectivity index (χ0) is 14.8. The number of carbonyl (C=O) groups excluding carboxylic acids is 2. The molecule has 2 N–H and O–H groups in total. The minimum absolute atomic E-state index is 0.0124. The molecule has 0 saturated carbocycles. The smallest absolute Gasteiger partial charge is 0.332 e. The first-order chi connectivity index (χ1) is 9.44. The van der Waals surface area contributed by atoms with Gasteiger partial charge in [-0.1, -0.05) is 0 Å². The number of aliphatic carboxylic acids is 1. The van der Waals surface area contributed by atoms with E-state index in [4.69, 9.17) is 4.74 Å². The number of nitrogens with one attached hydrogen (secondary N) is 1. The molecule has 2 saturated heterocycles. The van der Waals surface area contributed by atoms with E-state index in [9.17, 15) is 19.5 Å². The van der Waals surface area contributed by atoms with Gasteiger partial charge in [-0.05, 0) is 0 Å². The molecule has 0 bridgehead atoms.